The van der Waals surface area contributed by atoms with Gasteiger partial charge in [-0.3, -0.25) is 9.59 Å². The van der Waals surface area contributed by atoms with Gasteiger partial charge in [0.2, 0.25) is 0 Å². The van der Waals surface area contributed by atoms with E-state index in [0.717, 1.165) is 36.3 Å². The predicted octanol–water partition coefficient (Wildman–Crippen LogP) is 5.67. The van der Waals surface area contributed by atoms with Crippen LogP contribution in [0.5, 0.6) is 11.5 Å². The number of fused-ring (bicyclic) bond motifs is 4. The molecule has 6 rings (SSSR count). The van der Waals surface area contributed by atoms with Crippen LogP contribution in [0, 0.1) is 5.92 Å². The van der Waals surface area contributed by atoms with E-state index in [2.05, 4.69) is 27.8 Å². The summed E-state index contributed by atoms with van der Waals surface area (Å²) in [4.78, 5) is 41.4. The molecule has 1 saturated heterocycles. The molecule has 3 amide bonds. The molecule has 3 aromatic carbocycles. The second-order valence-corrected chi connectivity index (χ2v) is 12.2. The minimum atomic E-state index is -0.393. The van der Waals surface area contributed by atoms with Gasteiger partial charge in [0.05, 0.1) is 25.6 Å². The summed E-state index contributed by atoms with van der Waals surface area (Å²) in [5.74, 6) is 1.53. The van der Waals surface area contributed by atoms with Gasteiger partial charge >= 0.3 is 6.03 Å². The van der Waals surface area contributed by atoms with Crippen molar-refractivity contribution in [3.63, 3.8) is 0 Å². The number of hydrogen-bond donors (Lipinski definition) is 3. The van der Waals surface area contributed by atoms with Crippen molar-refractivity contribution in [2.45, 2.75) is 38.6 Å². The lowest BCUT2D eigenvalue weighted by Gasteiger charge is -2.44. The molecule has 4 aromatic rings. The second kappa shape index (κ2) is 14.0. The molecule has 3 N–H and O–H groups in total. The number of amides is 3. The van der Waals surface area contributed by atoms with E-state index in [-0.39, 0.29) is 17.4 Å². The summed E-state index contributed by atoms with van der Waals surface area (Å²) in [5, 5.41) is 8.96. The van der Waals surface area contributed by atoms with Crippen LogP contribution in [0.2, 0.25) is 0 Å². The predicted molar refractivity (Wildman–Crippen MR) is 184 cm³/mol. The lowest BCUT2D eigenvalue weighted by atomic mass is 9.83. The van der Waals surface area contributed by atoms with Crippen molar-refractivity contribution < 1.29 is 19.1 Å². The Morgan fingerprint density at radius 3 is 2.40 bits per heavy atom. The highest BCUT2D eigenvalue weighted by atomic mass is 16.5. The van der Waals surface area contributed by atoms with E-state index in [1.165, 1.54) is 5.56 Å². The fourth-order valence-electron chi connectivity index (χ4n) is 6.71. The van der Waals surface area contributed by atoms with Crippen LogP contribution in [0.1, 0.15) is 46.4 Å². The Morgan fingerprint density at radius 2 is 1.64 bits per heavy atom. The Balaban J connectivity index is 1.21. The van der Waals surface area contributed by atoms with Gasteiger partial charge in [-0.25, -0.2) is 4.79 Å². The van der Waals surface area contributed by atoms with Gasteiger partial charge in [-0.2, -0.15) is 0 Å². The van der Waals surface area contributed by atoms with Gasteiger partial charge in [0.1, 0.15) is 0 Å². The summed E-state index contributed by atoms with van der Waals surface area (Å²) in [5.41, 5.74) is 5.78. The van der Waals surface area contributed by atoms with Crippen LogP contribution in [0.15, 0.2) is 83.7 Å². The number of urea groups is 1. The normalized spacial score (nSPS) is 16.5. The number of pyridine rings is 1. The molecule has 10 nitrogen and oxygen atoms in total. The number of anilines is 3. The molecule has 3 heterocycles. The number of hydrogen-bond acceptors (Lipinski definition) is 6. The van der Waals surface area contributed by atoms with Crippen LogP contribution in [0.4, 0.5) is 21.9 Å². The van der Waals surface area contributed by atoms with E-state index in [9.17, 15) is 14.4 Å². The van der Waals surface area contributed by atoms with Crippen molar-refractivity contribution in [1.82, 2.24) is 9.88 Å². The van der Waals surface area contributed by atoms with Gasteiger partial charge in [0, 0.05) is 55.1 Å². The van der Waals surface area contributed by atoms with Gasteiger partial charge in [0.15, 0.2) is 11.5 Å². The summed E-state index contributed by atoms with van der Waals surface area (Å²) in [7, 11) is 3.19. The molecule has 1 fully saturated rings. The van der Waals surface area contributed by atoms with E-state index in [4.69, 9.17) is 9.47 Å². The Kier molecular flexibility index (Phi) is 9.47. The van der Waals surface area contributed by atoms with Gasteiger partial charge < -0.3 is 34.9 Å². The average molecular weight is 636 g/mol. The number of ether oxygens (including phenoxy) is 2. The topological polar surface area (TPSA) is 114 Å². The zero-order valence-electron chi connectivity index (χ0n) is 27.0. The molecular weight excluding hydrogens is 594 g/mol. The van der Waals surface area contributed by atoms with Gasteiger partial charge in [-0.15, -0.1) is 0 Å². The lowest BCUT2D eigenvalue weighted by Crippen LogP contribution is -2.47. The van der Waals surface area contributed by atoms with E-state index >= 15 is 0 Å². The highest BCUT2D eigenvalue weighted by Crippen LogP contribution is 2.39. The summed E-state index contributed by atoms with van der Waals surface area (Å²) >= 11 is 0. The summed E-state index contributed by atoms with van der Waals surface area (Å²) < 4.78 is 12.6. The minimum absolute atomic E-state index is 0.0399. The molecule has 10 heteroatoms. The van der Waals surface area contributed by atoms with E-state index in [1.54, 1.807) is 32.4 Å². The van der Waals surface area contributed by atoms with Crippen molar-refractivity contribution in [1.29, 1.82) is 0 Å². The van der Waals surface area contributed by atoms with E-state index in [1.807, 2.05) is 65.2 Å². The Hall–Kier alpha value is -5.25. The van der Waals surface area contributed by atoms with Crippen molar-refractivity contribution in [2.75, 3.05) is 49.4 Å². The molecule has 0 unspecified atom stereocenters. The third kappa shape index (κ3) is 7.11. The molecule has 2 atom stereocenters. The van der Waals surface area contributed by atoms with Gasteiger partial charge in [-0.05, 0) is 84.8 Å². The SMILES string of the molecule is CCc1ccc(NC(=O)Nc2cc(C(=O)NCCc3ccc(OC)c(OC)c3)ccc2N2C[C@H]3C[C@@H](C2)c2cccc(=O)n2C3)cc1. The number of rotatable bonds is 10. The summed E-state index contributed by atoms with van der Waals surface area (Å²) in [6, 6.07) is 24.0. The van der Waals surface area contributed by atoms with Gasteiger partial charge in [-0.1, -0.05) is 31.2 Å². The van der Waals surface area contributed by atoms with Crippen LogP contribution in [-0.2, 0) is 19.4 Å². The second-order valence-electron chi connectivity index (χ2n) is 12.2. The van der Waals surface area contributed by atoms with Crippen molar-refractivity contribution in [3.05, 3.63) is 112 Å². The number of benzene rings is 3. The molecule has 0 aliphatic carbocycles. The number of carbonyl (C=O) groups is 2. The third-order valence-electron chi connectivity index (χ3n) is 9.09. The van der Waals surface area contributed by atoms with Crippen LogP contribution in [0.25, 0.3) is 0 Å². The number of methoxy groups -OCH3 is 2. The van der Waals surface area contributed by atoms with Gasteiger partial charge in [0.25, 0.3) is 11.5 Å². The molecule has 2 aliphatic rings. The molecule has 0 saturated carbocycles. The lowest BCUT2D eigenvalue weighted by molar-refractivity contribution is 0.0954. The number of piperidine rings is 1. The van der Waals surface area contributed by atoms with Crippen molar-refractivity contribution in [2.24, 2.45) is 5.92 Å². The highest BCUT2D eigenvalue weighted by molar-refractivity contribution is 6.04. The number of aryl methyl sites for hydroxylation is 1. The number of aromatic nitrogens is 1. The Morgan fingerprint density at radius 1 is 0.851 bits per heavy atom. The zero-order valence-corrected chi connectivity index (χ0v) is 27.0. The largest absolute Gasteiger partial charge is 0.493 e. The number of nitrogens with zero attached hydrogens (tertiary/aromatic N) is 2. The van der Waals surface area contributed by atoms with E-state index in [0.29, 0.717) is 60.4 Å². The standard InChI is InChI=1S/C37H41N5O5/c1-4-24-8-12-29(13-9-24)39-37(45)40-30-20-27(36(44)38-17-16-25-10-15-33(46-2)34(19-25)47-3)11-14-32(30)41-21-26-18-28(23-41)31-6-5-7-35(43)42(31)22-26/h5-15,19-20,26,28H,4,16-18,21-23H2,1-3H3,(H,38,44)(H2,39,40,45)/t26-,28+/m1/s1. The van der Waals surface area contributed by atoms with Crippen molar-refractivity contribution >= 4 is 29.0 Å². The van der Waals surface area contributed by atoms with Crippen LogP contribution in [0.3, 0.4) is 0 Å². The maximum absolute atomic E-state index is 13.3. The maximum Gasteiger partial charge on any atom is 0.323 e. The van der Waals surface area contributed by atoms with Crippen LogP contribution < -0.4 is 35.9 Å². The molecule has 244 valence electrons. The Labute approximate surface area is 274 Å². The highest BCUT2D eigenvalue weighted by Gasteiger charge is 2.35. The quantitative estimate of drug-likeness (QED) is 0.207. The van der Waals surface area contributed by atoms with E-state index < -0.39 is 6.03 Å². The minimum Gasteiger partial charge on any atom is -0.493 e. The first-order chi connectivity index (χ1) is 22.8. The van der Waals surface area contributed by atoms with Crippen molar-refractivity contribution in [3.8, 4) is 11.5 Å². The molecule has 2 aliphatic heterocycles. The summed E-state index contributed by atoms with van der Waals surface area (Å²) in [6.45, 7) is 4.61. The first-order valence-corrected chi connectivity index (χ1v) is 16.1. The molecule has 2 bridgehead atoms. The smallest absolute Gasteiger partial charge is 0.323 e. The monoisotopic (exact) mass is 635 g/mol. The Bertz CT molecular complexity index is 1820. The summed E-state index contributed by atoms with van der Waals surface area (Å²) in [6.07, 6.45) is 2.53. The fraction of sp³-hybridized carbons (Fsp3) is 0.324. The molecule has 47 heavy (non-hydrogen) atoms. The molecule has 1 aromatic heterocycles. The number of carbonyl (C=O) groups excluding carboxylic acids is 2. The van der Waals surface area contributed by atoms with Crippen LogP contribution in [-0.4, -0.2) is 50.4 Å². The fourth-order valence-corrected chi connectivity index (χ4v) is 6.71. The molecular formula is C37H41N5O5. The zero-order chi connectivity index (χ0) is 32.9. The first kappa shape index (κ1) is 31.7. The third-order valence-corrected chi connectivity index (χ3v) is 9.09. The molecule has 0 spiro atoms. The average Bonchev–Trinajstić information content (AvgIpc) is 3.08. The maximum atomic E-state index is 13.3. The molecule has 0 radical (unpaired) electrons. The number of nitrogens with one attached hydrogen (secondary N) is 3. The first-order valence-electron chi connectivity index (χ1n) is 16.1. The van der Waals surface area contributed by atoms with Crippen LogP contribution >= 0.6 is 0 Å².